The summed E-state index contributed by atoms with van der Waals surface area (Å²) < 4.78 is 0. The van der Waals surface area contributed by atoms with Gasteiger partial charge in [0.25, 0.3) is 0 Å². The number of benzene rings is 1. The van der Waals surface area contributed by atoms with Crippen molar-refractivity contribution in [2.24, 2.45) is 0 Å². The van der Waals surface area contributed by atoms with Crippen molar-refractivity contribution in [1.29, 1.82) is 0 Å². The predicted octanol–water partition coefficient (Wildman–Crippen LogP) is 4.09. The summed E-state index contributed by atoms with van der Waals surface area (Å²) in [5.74, 6) is -0.0344. The van der Waals surface area contributed by atoms with E-state index in [0.29, 0.717) is 17.8 Å². The highest BCUT2D eigenvalue weighted by Gasteiger charge is 2.12. The van der Waals surface area contributed by atoms with Gasteiger partial charge in [0.15, 0.2) is 0 Å². The summed E-state index contributed by atoms with van der Waals surface area (Å²) >= 11 is 0. The van der Waals surface area contributed by atoms with Gasteiger partial charge in [0, 0.05) is 30.2 Å². The number of urea groups is 1. The van der Waals surface area contributed by atoms with Gasteiger partial charge >= 0.3 is 6.03 Å². The minimum absolute atomic E-state index is 0.0344. The van der Waals surface area contributed by atoms with Crippen molar-refractivity contribution in [3.63, 3.8) is 0 Å². The monoisotopic (exact) mass is 340 g/mol. The second kappa shape index (κ2) is 9.42. The molecule has 2 aromatic rings. The lowest BCUT2D eigenvalue weighted by Crippen LogP contribution is -2.32. The van der Waals surface area contributed by atoms with Crippen LogP contribution < -0.4 is 16.0 Å². The molecular formula is C19H24N4O2. The molecule has 0 spiro atoms. The number of pyridine rings is 1. The van der Waals surface area contributed by atoms with Crippen LogP contribution in [-0.4, -0.2) is 16.9 Å². The van der Waals surface area contributed by atoms with Crippen LogP contribution in [-0.2, 0) is 4.79 Å². The number of amides is 3. The average molecular weight is 340 g/mol. The summed E-state index contributed by atoms with van der Waals surface area (Å²) in [7, 11) is 0. The number of hydrogen-bond donors (Lipinski definition) is 3. The second-order valence-electron chi connectivity index (χ2n) is 5.72. The zero-order chi connectivity index (χ0) is 18.1. The molecule has 3 N–H and O–H groups in total. The summed E-state index contributed by atoms with van der Waals surface area (Å²) in [6.07, 6.45) is 5.45. The lowest BCUT2D eigenvalue weighted by Gasteiger charge is -2.18. The van der Waals surface area contributed by atoms with E-state index in [-0.39, 0.29) is 18.0 Å². The van der Waals surface area contributed by atoms with E-state index in [1.54, 1.807) is 36.7 Å². The molecule has 1 heterocycles. The van der Waals surface area contributed by atoms with Crippen LogP contribution in [0.5, 0.6) is 0 Å². The first-order valence-electron chi connectivity index (χ1n) is 8.49. The van der Waals surface area contributed by atoms with Crippen molar-refractivity contribution in [2.45, 2.75) is 39.2 Å². The number of anilines is 2. The van der Waals surface area contributed by atoms with Gasteiger partial charge in [-0.15, -0.1) is 0 Å². The standard InChI is InChI=1S/C19H24N4O2/c1-3-6-18(24)21-15-7-5-8-16(13-15)22-19(25)23-17(4-2)14-9-11-20-12-10-14/h5,7-13,17H,3-4,6H2,1-2H3,(H,21,24)(H2,22,23,25). The lowest BCUT2D eigenvalue weighted by molar-refractivity contribution is -0.116. The van der Waals surface area contributed by atoms with Crippen LogP contribution in [0.3, 0.4) is 0 Å². The summed E-state index contributed by atoms with van der Waals surface area (Å²) in [4.78, 5) is 27.9. The molecule has 0 radical (unpaired) electrons. The van der Waals surface area contributed by atoms with Crippen molar-refractivity contribution in [2.75, 3.05) is 10.6 Å². The first-order valence-corrected chi connectivity index (χ1v) is 8.49. The maximum absolute atomic E-state index is 12.3. The molecule has 1 aromatic heterocycles. The highest BCUT2D eigenvalue weighted by Crippen LogP contribution is 2.18. The Labute approximate surface area is 148 Å². The van der Waals surface area contributed by atoms with Gasteiger partial charge in [-0.2, -0.15) is 0 Å². The van der Waals surface area contributed by atoms with Crippen LogP contribution in [0, 0.1) is 0 Å². The second-order valence-corrected chi connectivity index (χ2v) is 5.72. The van der Waals surface area contributed by atoms with Gasteiger partial charge in [0.2, 0.25) is 5.91 Å². The van der Waals surface area contributed by atoms with Crippen LogP contribution in [0.2, 0.25) is 0 Å². The molecule has 1 aromatic carbocycles. The van der Waals surface area contributed by atoms with E-state index < -0.39 is 0 Å². The molecule has 0 bridgehead atoms. The normalized spacial score (nSPS) is 11.4. The Morgan fingerprint density at radius 1 is 1.04 bits per heavy atom. The molecule has 2 rings (SSSR count). The Kier molecular flexibility index (Phi) is 6.95. The number of nitrogens with zero attached hydrogens (tertiary/aromatic N) is 1. The van der Waals surface area contributed by atoms with Crippen LogP contribution in [0.15, 0.2) is 48.8 Å². The van der Waals surface area contributed by atoms with E-state index in [9.17, 15) is 9.59 Å². The number of aromatic nitrogens is 1. The fourth-order valence-electron chi connectivity index (χ4n) is 2.47. The van der Waals surface area contributed by atoms with E-state index >= 15 is 0 Å². The molecule has 0 saturated carbocycles. The smallest absolute Gasteiger partial charge is 0.319 e. The molecule has 0 aliphatic carbocycles. The van der Waals surface area contributed by atoms with Crippen LogP contribution >= 0.6 is 0 Å². The number of rotatable bonds is 7. The van der Waals surface area contributed by atoms with Gasteiger partial charge in [0.1, 0.15) is 0 Å². The van der Waals surface area contributed by atoms with E-state index in [1.807, 2.05) is 26.0 Å². The van der Waals surface area contributed by atoms with Gasteiger partial charge < -0.3 is 16.0 Å². The molecular weight excluding hydrogens is 316 g/mol. The molecule has 1 atom stereocenters. The summed E-state index contributed by atoms with van der Waals surface area (Å²) in [5, 5.41) is 8.57. The zero-order valence-corrected chi connectivity index (χ0v) is 14.6. The minimum Gasteiger partial charge on any atom is -0.331 e. The fourth-order valence-corrected chi connectivity index (χ4v) is 2.47. The molecule has 6 nitrogen and oxygen atoms in total. The van der Waals surface area contributed by atoms with E-state index in [1.165, 1.54) is 0 Å². The Morgan fingerprint density at radius 2 is 1.72 bits per heavy atom. The van der Waals surface area contributed by atoms with Crippen molar-refractivity contribution >= 4 is 23.3 Å². The number of carbonyl (C=O) groups is 2. The number of carbonyl (C=O) groups excluding carboxylic acids is 2. The highest BCUT2D eigenvalue weighted by atomic mass is 16.2. The van der Waals surface area contributed by atoms with Gasteiger partial charge in [-0.1, -0.05) is 19.9 Å². The minimum atomic E-state index is -0.291. The first-order chi connectivity index (χ1) is 12.1. The molecule has 0 aliphatic heterocycles. The third-order valence-corrected chi connectivity index (χ3v) is 3.70. The van der Waals surface area contributed by atoms with Gasteiger partial charge in [-0.25, -0.2) is 4.79 Å². The van der Waals surface area contributed by atoms with Crippen molar-refractivity contribution in [3.05, 3.63) is 54.4 Å². The Balaban J connectivity index is 1.97. The Bertz CT molecular complexity index is 704. The summed E-state index contributed by atoms with van der Waals surface area (Å²) in [5.41, 5.74) is 2.29. The summed E-state index contributed by atoms with van der Waals surface area (Å²) in [6.45, 7) is 3.96. The van der Waals surface area contributed by atoms with Crippen LogP contribution in [0.4, 0.5) is 16.2 Å². The summed E-state index contributed by atoms with van der Waals surface area (Å²) in [6, 6.07) is 10.5. The molecule has 0 fully saturated rings. The van der Waals surface area contributed by atoms with E-state index in [2.05, 4.69) is 20.9 Å². The van der Waals surface area contributed by atoms with Crippen LogP contribution in [0.1, 0.15) is 44.7 Å². The largest absolute Gasteiger partial charge is 0.331 e. The van der Waals surface area contributed by atoms with E-state index in [4.69, 9.17) is 0 Å². The molecule has 132 valence electrons. The number of nitrogens with one attached hydrogen (secondary N) is 3. The van der Waals surface area contributed by atoms with Gasteiger partial charge in [-0.3, -0.25) is 9.78 Å². The zero-order valence-electron chi connectivity index (χ0n) is 14.6. The maximum Gasteiger partial charge on any atom is 0.319 e. The highest BCUT2D eigenvalue weighted by molar-refractivity contribution is 5.93. The topological polar surface area (TPSA) is 83.1 Å². The predicted molar refractivity (Wildman–Crippen MR) is 99.4 cm³/mol. The molecule has 3 amide bonds. The SMILES string of the molecule is CCCC(=O)Nc1cccc(NC(=O)NC(CC)c2ccncc2)c1. The lowest BCUT2D eigenvalue weighted by atomic mass is 10.1. The molecule has 1 unspecified atom stereocenters. The quantitative estimate of drug-likeness (QED) is 0.710. The average Bonchev–Trinajstić information content (AvgIpc) is 2.61. The van der Waals surface area contributed by atoms with Crippen LogP contribution in [0.25, 0.3) is 0 Å². The Hall–Kier alpha value is -2.89. The van der Waals surface area contributed by atoms with Gasteiger partial charge in [0.05, 0.1) is 6.04 Å². The molecule has 0 aliphatic rings. The number of hydrogen-bond acceptors (Lipinski definition) is 3. The molecule has 0 saturated heterocycles. The third-order valence-electron chi connectivity index (χ3n) is 3.70. The van der Waals surface area contributed by atoms with Crippen molar-refractivity contribution in [1.82, 2.24) is 10.3 Å². The maximum atomic E-state index is 12.3. The molecule has 6 heteroatoms. The van der Waals surface area contributed by atoms with Gasteiger partial charge in [-0.05, 0) is 48.7 Å². The fraction of sp³-hybridized carbons (Fsp3) is 0.316. The first kappa shape index (κ1) is 18.4. The van der Waals surface area contributed by atoms with E-state index in [0.717, 1.165) is 18.4 Å². The molecule has 25 heavy (non-hydrogen) atoms. The van der Waals surface area contributed by atoms with Crippen molar-refractivity contribution < 1.29 is 9.59 Å². The van der Waals surface area contributed by atoms with Crippen molar-refractivity contribution in [3.8, 4) is 0 Å². The Morgan fingerprint density at radius 3 is 2.36 bits per heavy atom. The third kappa shape index (κ3) is 5.91.